The van der Waals surface area contributed by atoms with Gasteiger partial charge in [0.1, 0.15) is 12.3 Å². The highest BCUT2D eigenvalue weighted by atomic mass is 35.5. The van der Waals surface area contributed by atoms with Gasteiger partial charge in [-0.1, -0.05) is 23.7 Å². The lowest BCUT2D eigenvalue weighted by Gasteiger charge is -2.19. The summed E-state index contributed by atoms with van der Waals surface area (Å²) in [5, 5.41) is 18.0. The van der Waals surface area contributed by atoms with Gasteiger partial charge in [-0.25, -0.2) is 0 Å². The topological polar surface area (TPSA) is 140 Å². The molecule has 1 aliphatic heterocycles. The van der Waals surface area contributed by atoms with Gasteiger partial charge in [-0.15, -0.1) is 0 Å². The first-order valence-corrected chi connectivity index (χ1v) is 9.53. The molecule has 10 heteroatoms. The number of aromatic amines is 1. The van der Waals surface area contributed by atoms with Crippen LogP contribution in [0, 0.1) is 5.92 Å². The SMILES string of the molecule is O=C(CNC(=O)c1cc2cccc(Cl)c2[nH]1)N[C@@H](C[C@@H]1CCNC1=O)C(=O)CO. The first-order chi connectivity index (χ1) is 13.9. The molecule has 9 nitrogen and oxygen atoms in total. The first kappa shape index (κ1) is 20.8. The van der Waals surface area contributed by atoms with E-state index in [1.165, 1.54) is 0 Å². The average molecular weight is 421 g/mol. The van der Waals surface area contributed by atoms with Crippen LogP contribution in [-0.4, -0.2) is 59.3 Å². The lowest BCUT2D eigenvalue weighted by Crippen LogP contribution is -2.47. The summed E-state index contributed by atoms with van der Waals surface area (Å²) in [6, 6.07) is 5.87. The quantitative estimate of drug-likeness (QED) is 0.412. The molecule has 1 saturated heterocycles. The Morgan fingerprint density at radius 3 is 2.76 bits per heavy atom. The number of para-hydroxylation sites is 1. The molecule has 0 saturated carbocycles. The molecule has 0 radical (unpaired) electrons. The molecule has 0 bridgehead atoms. The minimum atomic E-state index is -0.995. The van der Waals surface area contributed by atoms with Crippen LogP contribution in [0.15, 0.2) is 24.3 Å². The minimum absolute atomic E-state index is 0.103. The van der Waals surface area contributed by atoms with Crippen molar-refractivity contribution in [3.05, 3.63) is 35.0 Å². The highest BCUT2D eigenvalue weighted by Crippen LogP contribution is 2.23. The molecule has 154 valence electrons. The number of aliphatic hydroxyl groups excluding tert-OH is 1. The van der Waals surface area contributed by atoms with E-state index in [2.05, 4.69) is 20.9 Å². The van der Waals surface area contributed by atoms with Gasteiger partial charge in [-0.2, -0.15) is 0 Å². The molecule has 1 aromatic carbocycles. The molecule has 0 aliphatic carbocycles. The maximum atomic E-state index is 12.3. The summed E-state index contributed by atoms with van der Waals surface area (Å²) >= 11 is 6.08. The molecule has 5 N–H and O–H groups in total. The first-order valence-electron chi connectivity index (χ1n) is 9.15. The summed E-state index contributed by atoms with van der Waals surface area (Å²) < 4.78 is 0. The maximum absolute atomic E-state index is 12.3. The number of fused-ring (bicyclic) bond motifs is 1. The normalized spacial score (nSPS) is 17.0. The Bertz CT molecular complexity index is 957. The molecule has 3 amide bonds. The number of aromatic nitrogens is 1. The van der Waals surface area contributed by atoms with Gasteiger partial charge in [0.15, 0.2) is 5.78 Å². The fraction of sp³-hybridized carbons (Fsp3) is 0.368. The van der Waals surface area contributed by atoms with E-state index in [-0.39, 0.29) is 24.6 Å². The Balaban J connectivity index is 1.57. The third kappa shape index (κ3) is 4.93. The van der Waals surface area contributed by atoms with Crippen molar-refractivity contribution < 1.29 is 24.3 Å². The van der Waals surface area contributed by atoms with Crippen molar-refractivity contribution in [1.29, 1.82) is 0 Å². The Morgan fingerprint density at radius 2 is 2.10 bits per heavy atom. The number of nitrogens with one attached hydrogen (secondary N) is 4. The van der Waals surface area contributed by atoms with Gasteiger partial charge < -0.3 is 26.0 Å². The summed E-state index contributed by atoms with van der Waals surface area (Å²) in [4.78, 5) is 51.0. The van der Waals surface area contributed by atoms with Crippen LogP contribution in [0.3, 0.4) is 0 Å². The van der Waals surface area contributed by atoms with Gasteiger partial charge in [-0.3, -0.25) is 19.2 Å². The van der Waals surface area contributed by atoms with Crippen LogP contribution in [0.5, 0.6) is 0 Å². The third-order valence-electron chi connectivity index (χ3n) is 4.82. The van der Waals surface area contributed by atoms with E-state index in [0.717, 1.165) is 5.39 Å². The number of ketones is 1. The highest BCUT2D eigenvalue weighted by Gasteiger charge is 2.30. The van der Waals surface area contributed by atoms with Crippen molar-refractivity contribution in [2.45, 2.75) is 18.9 Å². The van der Waals surface area contributed by atoms with Crippen molar-refractivity contribution in [3.8, 4) is 0 Å². The average Bonchev–Trinajstić information content (AvgIpc) is 3.32. The summed E-state index contributed by atoms with van der Waals surface area (Å²) in [5.41, 5.74) is 0.860. The summed E-state index contributed by atoms with van der Waals surface area (Å²) in [6.07, 6.45) is 0.662. The van der Waals surface area contributed by atoms with E-state index in [1.54, 1.807) is 24.3 Å². The van der Waals surface area contributed by atoms with Crippen molar-refractivity contribution in [2.75, 3.05) is 19.7 Å². The van der Waals surface area contributed by atoms with Gasteiger partial charge >= 0.3 is 0 Å². The summed E-state index contributed by atoms with van der Waals surface area (Å²) in [5.74, 6) is -2.28. The Hall–Kier alpha value is -2.91. The zero-order valence-electron chi connectivity index (χ0n) is 15.5. The molecule has 2 atom stereocenters. The lowest BCUT2D eigenvalue weighted by atomic mass is 9.96. The fourth-order valence-corrected chi connectivity index (χ4v) is 3.51. The monoisotopic (exact) mass is 420 g/mol. The van der Waals surface area contributed by atoms with Crippen LogP contribution >= 0.6 is 11.6 Å². The van der Waals surface area contributed by atoms with Gasteiger partial charge in [-0.05, 0) is 25.0 Å². The predicted molar refractivity (Wildman–Crippen MR) is 105 cm³/mol. The Labute approximate surface area is 171 Å². The lowest BCUT2D eigenvalue weighted by molar-refractivity contribution is -0.130. The smallest absolute Gasteiger partial charge is 0.268 e. The van der Waals surface area contributed by atoms with Crippen LogP contribution < -0.4 is 16.0 Å². The van der Waals surface area contributed by atoms with Gasteiger partial charge in [0.2, 0.25) is 11.8 Å². The molecular formula is C19H21ClN4O5. The molecule has 2 heterocycles. The number of rotatable bonds is 8. The molecular weight excluding hydrogens is 400 g/mol. The van der Waals surface area contributed by atoms with E-state index in [0.29, 0.717) is 23.5 Å². The van der Waals surface area contributed by atoms with Crippen LogP contribution in [0.1, 0.15) is 23.3 Å². The Kier molecular flexibility index (Phi) is 6.50. The summed E-state index contributed by atoms with van der Waals surface area (Å²) in [6.45, 7) is -0.600. The summed E-state index contributed by atoms with van der Waals surface area (Å²) in [7, 11) is 0. The number of benzene rings is 1. The van der Waals surface area contributed by atoms with Gasteiger partial charge in [0.25, 0.3) is 5.91 Å². The molecule has 29 heavy (non-hydrogen) atoms. The van der Waals surface area contributed by atoms with Crippen molar-refractivity contribution in [2.24, 2.45) is 5.92 Å². The number of halogens is 1. The van der Waals surface area contributed by atoms with E-state index < -0.39 is 36.2 Å². The van der Waals surface area contributed by atoms with Crippen molar-refractivity contribution in [3.63, 3.8) is 0 Å². The molecule has 2 aromatic rings. The maximum Gasteiger partial charge on any atom is 0.268 e. The van der Waals surface area contributed by atoms with Crippen molar-refractivity contribution in [1.82, 2.24) is 20.9 Å². The number of carbonyl (C=O) groups is 4. The van der Waals surface area contributed by atoms with Crippen LogP contribution in [0.4, 0.5) is 0 Å². The number of hydrogen-bond acceptors (Lipinski definition) is 5. The van der Waals surface area contributed by atoms with Crippen molar-refractivity contribution >= 4 is 46.0 Å². The second-order valence-electron chi connectivity index (χ2n) is 6.83. The number of Topliss-reactive ketones (excluding diaryl/α,β-unsaturated/α-hetero) is 1. The van der Waals surface area contributed by atoms with Crippen LogP contribution in [-0.2, 0) is 14.4 Å². The molecule has 3 rings (SSSR count). The number of aliphatic hydroxyl groups is 1. The predicted octanol–water partition coefficient (Wildman–Crippen LogP) is 0.124. The van der Waals surface area contributed by atoms with Crippen LogP contribution in [0.2, 0.25) is 5.02 Å². The molecule has 0 spiro atoms. The van der Waals surface area contributed by atoms with Gasteiger partial charge in [0, 0.05) is 17.8 Å². The molecule has 0 unspecified atom stereocenters. The molecule has 1 fully saturated rings. The number of H-pyrrole nitrogens is 1. The standard InChI is InChI=1S/C19H21ClN4O5/c20-12-3-1-2-10-6-14(24-17(10)12)19(29)22-8-16(27)23-13(15(26)9-25)7-11-4-5-21-18(11)28/h1-3,6,11,13,24-25H,4-5,7-9H2,(H,21,28)(H,22,29)(H,23,27)/t11-,13-/m0/s1. The third-order valence-corrected chi connectivity index (χ3v) is 5.14. The molecule has 1 aliphatic rings. The Morgan fingerprint density at radius 1 is 1.31 bits per heavy atom. The highest BCUT2D eigenvalue weighted by molar-refractivity contribution is 6.35. The fourth-order valence-electron chi connectivity index (χ4n) is 3.28. The largest absolute Gasteiger partial charge is 0.389 e. The van der Waals surface area contributed by atoms with Gasteiger partial charge in [0.05, 0.1) is 23.1 Å². The van der Waals surface area contributed by atoms with E-state index in [9.17, 15) is 19.2 Å². The number of hydrogen-bond donors (Lipinski definition) is 5. The minimum Gasteiger partial charge on any atom is -0.389 e. The number of amides is 3. The zero-order chi connectivity index (χ0) is 21.0. The van der Waals surface area contributed by atoms with E-state index in [1.807, 2.05) is 0 Å². The second-order valence-corrected chi connectivity index (χ2v) is 7.23. The second kappa shape index (κ2) is 9.06. The molecule has 1 aromatic heterocycles. The van der Waals surface area contributed by atoms with Crippen LogP contribution in [0.25, 0.3) is 10.9 Å². The van der Waals surface area contributed by atoms with E-state index in [4.69, 9.17) is 16.7 Å². The number of carbonyl (C=O) groups excluding carboxylic acids is 4. The zero-order valence-corrected chi connectivity index (χ0v) is 16.2. The van der Waals surface area contributed by atoms with E-state index >= 15 is 0 Å².